The normalized spacial score (nSPS) is 13.5. The summed E-state index contributed by atoms with van der Waals surface area (Å²) in [5.74, 6) is 0.557. The highest BCUT2D eigenvalue weighted by Crippen LogP contribution is 2.57. The van der Waals surface area contributed by atoms with E-state index in [9.17, 15) is 10.1 Å². The first kappa shape index (κ1) is 18.0. The second kappa shape index (κ2) is 6.79. The quantitative estimate of drug-likeness (QED) is 0.547. The Morgan fingerprint density at radius 1 is 1.24 bits per heavy atom. The van der Waals surface area contributed by atoms with Crippen LogP contribution in [0.4, 0.5) is 5.69 Å². The number of rotatable bonds is 7. The molecule has 0 saturated carbocycles. The van der Waals surface area contributed by atoms with Crippen LogP contribution < -0.4 is 0 Å². The Morgan fingerprint density at radius 2 is 1.76 bits per heavy atom. The summed E-state index contributed by atoms with van der Waals surface area (Å²) in [5.41, 5.74) is 1.20. The van der Waals surface area contributed by atoms with Crippen LogP contribution in [-0.4, -0.2) is 28.8 Å². The van der Waals surface area contributed by atoms with Gasteiger partial charge >= 0.3 is 0 Å². The van der Waals surface area contributed by atoms with Gasteiger partial charge in [0.1, 0.15) is 0 Å². The fourth-order valence-electron chi connectivity index (χ4n) is 1.87. The highest BCUT2D eigenvalue weighted by molar-refractivity contribution is 8.29. The number of nitro benzene ring substituents is 1. The second-order valence-corrected chi connectivity index (χ2v) is 10.2. The van der Waals surface area contributed by atoms with E-state index in [0.717, 1.165) is 12.0 Å². The minimum atomic E-state index is -1.16. The van der Waals surface area contributed by atoms with Crippen LogP contribution in [0.5, 0.6) is 0 Å². The molecule has 0 aliphatic rings. The van der Waals surface area contributed by atoms with E-state index < -0.39 is 10.3 Å². The number of hydrogen-bond donors (Lipinski definition) is 0. The summed E-state index contributed by atoms with van der Waals surface area (Å²) < 4.78 is 6.34. The molecule has 4 nitrogen and oxygen atoms in total. The first-order valence-corrected chi connectivity index (χ1v) is 9.56. The zero-order chi connectivity index (χ0) is 16.3. The smallest absolute Gasteiger partial charge is 0.269 e. The van der Waals surface area contributed by atoms with Crippen molar-refractivity contribution in [3.63, 3.8) is 0 Å². The van der Waals surface area contributed by atoms with E-state index in [-0.39, 0.29) is 15.4 Å². The lowest BCUT2D eigenvalue weighted by atomic mass is 10.00. The molecule has 0 amide bonds. The first-order chi connectivity index (χ1) is 9.58. The molecule has 0 N–H and O–H groups in total. The van der Waals surface area contributed by atoms with Crippen molar-refractivity contribution in [2.45, 2.75) is 38.9 Å². The van der Waals surface area contributed by atoms with Gasteiger partial charge in [0.25, 0.3) is 5.69 Å². The Kier molecular flexibility index (Phi) is 5.82. The predicted octanol–water partition coefficient (Wildman–Crippen LogP) is 4.57. The molecule has 1 aromatic rings. The summed E-state index contributed by atoms with van der Waals surface area (Å²) in [6, 6.07) is 6.70. The SMILES string of the molecule is CC(C)C(C)(C)S(C)(C)OCCc1ccc([N+](=O)[O-])cc1. The summed E-state index contributed by atoms with van der Waals surface area (Å²) >= 11 is 0. The van der Waals surface area contributed by atoms with Crippen LogP contribution in [0.25, 0.3) is 0 Å². The topological polar surface area (TPSA) is 52.4 Å². The molecule has 0 radical (unpaired) electrons. The molecule has 0 fully saturated rings. The highest BCUT2D eigenvalue weighted by Gasteiger charge is 2.36. The summed E-state index contributed by atoms with van der Waals surface area (Å²) in [6.07, 6.45) is 5.20. The molecule has 1 rings (SSSR count). The van der Waals surface area contributed by atoms with Gasteiger partial charge in [0.05, 0.1) is 11.5 Å². The summed E-state index contributed by atoms with van der Waals surface area (Å²) in [5, 5.41) is 10.6. The van der Waals surface area contributed by atoms with Crippen LogP contribution >= 0.6 is 10.3 Å². The van der Waals surface area contributed by atoms with Crippen LogP contribution in [0.2, 0.25) is 0 Å². The van der Waals surface area contributed by atoms with Crippen molar-refractivity contribution < 1.29 is 9.11 Å². The van der Waals surface area contributed by atoms with E-state index in [1.807, 2.05) is 0 Å². The van der Waals surface area contributed by atoms with Gasteiger partial charge in [0.15, 0.2) is 0 Å². The fraction of sp³-hybridized carbons (Fsp3) is 0.625. The number of hydrogen-bond acceptors (Lipinski definition) is 3. The molecule has 0 unspecified atom stereocenters. The zero-order valence-electron chi connectivity index (χ0n) is 13.9. The Hall–Kier alpha value is -1.07. The minimum absolute atomic E-state index is 0.131. The van der Waals surface area contributed by atoms with Crippen molar-refractivity contribution in [3.8, 4) is 0 Å². The average molecular weight is 313 g/mol. The van der Waals surface area contributed by atoms with Gasteiger partial charge < -0.3 is 4.18 Å². The van der Waals surface area contributed by atoms with Crippen molar-refractivity contribution in [2.24, 2.45) is 5.92 Å². The number of nitro groups is 1. The van der Waals surface area contributed by atoms with E-state index in [1.54, 1.807) is 24.3 Å². The van der Waals surface area contributed by atoms with Gasteiger partial charge in [-0.05, 0) is 44.3 Å². The van der Waals surface area contributed by atoms with Gasteiger partial charge in [-0.3, -0.25) is 10.1 Å². The molecule has 120 valence electrons. The number of nitrogens with zero attached hydrogens (tertiary/aromatic N) is 1. The van der Waals surface area contributed by atoms with Crippen molar-refractivity contribution in [2.75, 3.05) is 19.1 Å². The van der Waals surface area contributed by atoms with Crippen molar-refractivity contribution in [1.82, 2.24) is 0 Å². The summed E-state index contributed by atoms with van der Waals surface area (Å²) in [6.45, 7) is 9.64. The van der Waals surface area contributed by atoms with Gasteiger partial charge in [-0.15, -0.1) is 10.3 Å². The van der Waals surface area contributed by atoms with E-state index in [2.05, 4.69) is 40.2 Å². The predicted molar refractivity (Wildman–Crippen MR) is 91.1 cm³/mol. The lowest BCUT2D eigenvalue weighted by molar-refractivity contribution is -0.384. The van der Waals surface area contributed by atoms with Gasteiger partial charge in [0.2, 0.25) is 0 Å². The average Bonchev–Trinajstić information content (AvgIpc) is 2.38. The molecule has 0 bridgehead atoms. The van der Waals surface area contributed by atoms with Crippen molar-refractivity contribution in [1.29, 1.82) is 0 Å². The van der Waals surface area contributed by atoms with Crippen LogP contribution in [0.15, 0.2) is 24.3 Å². The fourth-order valence-corrected chi connectivity index (χ4v) is 3.81. The largest absolute Gasteiger partial charge is 0.336 e. The maximum absolute atomic E-state index is 10.6. The van der Waals surface area contributed by atoms with Crippen LogP contribution in [0.3, 0.4) is 0 Å². The van der Waals surface area contributed by atoms with Crippen LogP contribution in [-0.2, 0) is 10.6 Å². The lowest BCUT2D eigenvalue weighted by Crippen LogP contribution is -2.34. The number of non-ortho nitro benzene ring substituents is 1. The minimum Gasteiger partial charge on any atom is -0.336 e. The molecule has 0 aliphatic carbocycles. The lowest BCUT2D eigenvalue weighted by Gasteiger charge is -2.48. The third-order valence-electron chi connectivity index (χ3n) is 4.57. The van der Waals surface area contributed by atoms with Gasteiger partial charge in [-0.25, -0.2) is 0 Å². The van der Waals surface area contributed by atoms with E-state index in [0.29, 0.717) is 12.5 Å². The standard InChI is InChI=1S/C16H27NO3S/c1-13(2)16(3,4)21(5,6)20-12-11-14-7-9-15(10-8-14)17(18)19/h7-10,13H,11-12H2,1-6H3. The Labute approximate surface area is 129 Å². The molecule has 0 saturated heterocycles. The molecular formula is C16H27NO3S. The maximum atomic E-state index is 10.6. The molecular weight excluding hydrogens is 286 g/mol. The molecule has 0 aromatic heterocycles. The van der Waals surface area contributed by atoms with E-state index in [4.69, 9.17) is 4.18 Å². The third kappa shape index (κ3) is 4.45. The van der Waals surface area contributed by atoms with Crippen molar-refractivity contribution in [3.05, 3.63) is 39.9 Å². The second-order valence-electron chi connectivity index (χ2n) is 6.49. The summed E-state index contributed by atoms with van der Waals surface area (Å²) in [7, 11) is -1.16. The van der Waals surface area contributed by atoms with Crippen LogP contribution in [0.1, 0.15) is 33.3 Å². The van der Waals surface area contributed by atoms with E-state index >= 15 is 0 Å². The van der Waals surface area contributed by atoms with E-state index in [1.165, 1.54) is 0 Å². The summed E-state index contributed by atoms with van der Waals surface area (Å²) in [4.78, 5) is 10.2. The van der Waals surface area contributed by atoms with Crippen molar-refractivity contribution >= 4 is 16.0 Å². The highest BCUT2D eigenvalue weighted by atomic mass is 32.3. The molecule has 5 heteroatoms. The monoisotopic (exact) mass is 313 g/mol. The number of benzene rings is 1. The maximum Gasteiger partial charge on any atom is 0.269 e. The Balaban J connectivity index is 2.58. The molecule has 0 atom stereocenters. The third-order valence-corrected chi connectivity index (χ3v) is 8.33. The molecule has 0 spiro atoms. The first-order valence-electron chi connectivity index (χ1n) is 7.18. The van der Waals surface area contributed by atoms with Crippen LogP contribution in [0, 0.1) is 16.0 Å². The van der Waals surface area contributed by atoms with Gasteiger partial charge in [0, 0.05) is 16.9 Å². The molecule has 0 heterocycles. The molecule has 21 heavy (non-hydrogen) atoms. The Bertz CT molecular complexity index is 481. The van der Waals surface area contributed by atoms with Gasteiger partial charge in [-0.2, -0.15) is 0 Å². The Morgan fingerprint density at radius 3 is 2.19 bits per heavy atom. The van der Waals surface area contributed by atoms with Gasteiger partial charge in [-0.1, -0.05) is 26.0 Å². The zero-order valence-corrected chi connectivity index (χ0v) is 14.7. The molecule has 1 aromatic carbocycles. The molecule has 0 aliphatic heterocycles.